The van der Waals surface area contributed by atoms with Crippen LogP contribution in [-0.4, -0.2) is 51.4 Å². The van der Waals surface area contributed by atoms with Gasteiger partial charge in [-0.15, -0.1) is 0 Å². The van der Waals surface area contributed by atoms with Gasteiger partial charge in [-0.3, -0.25) is 22.8 Å². The summed E-state index contributed by atoms with van der Waals surface area (Å²) in [6.45, 7) is 4.46. The fourth-order valence-corrected chi connectivity index (χ4v) is 4.77. The average molecular weight is 581 g/mol. The fraction of sp³-hybridized carbons (Fsp3) is 0.360. The third-order valence-electron chi connectivity index (χ3n) is 6.29. The minimum atomic E-state index is -4.91. The Hall–Kier alpha value is -3.58. The molecule has 11 nitrogen and oxygen atoms in total. The van der Waals surface area contributed by atoms with Gasteiger partial charge in [0.05, 0.1) is 6.20 Å². The van der Waals surface area contributed by atoms with Crippen molar-refractivity contribution in [2.24, 2.45) is 0 Å². The van der Waals surface area contributed by atoms with E-state index in [9.17, 15) is 22.5 Å². The predicted molar refractivity (Wildman–Crippen MR) is 138 cm³/mol. The molecule has 0 aliphatic carbocycles. The maximum atomic E-state index is 13.8. The van der Waals surface area contributed by atoms with Crippen molar-refractivity contribution >= 4 is 25.1 Å². The molecular formula is C25H27F3N5O6P. The van der Waals surface area contributed by atoms with Crippen LogP contribution in [0.2, 0.25) is 0 Å². The Bertz CT molecular complexity index is 1580. The number of carbonyl (C=O) groups excluding carboxylic acids is 1. The number of amides is 1. The van der Waals surface area contributed by atoms with E-state index in [0.717, 1.165) is 32.3 Å². The highest BCUT2D eigenvalue weighted by molar-refractivity contribution is 7.48. The van der Waals surface area contributed by atoms with Crippen LogP contribution in [0.1, 0.15) is 40.9 Å². The monoisotopic (exact) mass is 581 g/mol. The number of phosphoric acid groups is 1. The largest absolute Gasteiger partial charge is 0.475 e. The smallest absolute Gasteiger partial charge is 0.339 e. The number of aromatic nitrogens is 4. The van der Waals surface area contributed by atoms with E-state index in [-0.39, 0.29) is 24.0 Å². The second-order valence-corrected chi connectivity index (χ2v) is 11.0. The van der Waals surface area contributed by atoms with Gasteiger partial charge in [-0.05, 0) is 56.5 Å². The number of nitrogens with zero attached hydrogens (tertiary/aromatic N) is 4. The third-order valence-corrected chi connectivity index (χ3v) is 7.81. The van der Waals surface area contributed by atoms with Gasteiger partial charge >= 0.3 is 14.0 Å². The van der Waals surface area contributed by atoms with Crippen LogP contribution in [0, 0.1) is 13.8 Å². The number of carbonyl (C=O) groups is 1. The first-order valence-corrected chi connectivity index (χ1v) is 13.4. The van der Waals surface area contributed by atoms with Gasteiger partial charge in [0, 0.05) is 38.1 Å². The highest BCUT2D eigenvalue weighted by Gasteiger charge is 2.56. The van der Waals surface area contributed by atoms with Crippen molar-refractivity contribution in [3.63, 3.8) is 0 Å². The molecule has 1 amide bonds. The number of imidazole rings is 1. The molecule has 214 valence electrons. The van der Waals surface area contributed by atoms with Crippen molar-refractivity contribution in [1.29, 1.82) is 0 Å². The number of hydrogen-bond donors (Lipinski definition) is 1. The molecule has 0 radical (unpaired) electrons. The standard InChI is InChI=1S/C25H27F3N5O6P/c1-15-9-11-33-19(14-29-20(33)12-15)23(34)30-18-13-17(7-6-16(18)2)22-31-21(38-32-22)8-10-24(3,25(26,27)28)39-40(35,36-4)37-5/h6-7,9,11-14H,8,10H2,1-5H3,(H,30,34)/t24-/m0/s1. The van der Waals surface area contributed by atoms with E-state index in [1.165, 1.54) is 6.20 Å². The van der Waals surface area contributed by atoms with Gasteiger partial charge in [-0.2, -0.15) is 18.2 Å². The summed E-state index contributed by atoms with van der Waals surface area (Å²) in [4.78, 5) is 21.5. The Morgan fingerprint density at radius 2 is 1.88 bits per heavy atom. The van der Waals surface area contributed by atoms with Crippen LogP contribution in [0.3, 0.4) is 0 Å². The number of fused-ring (bicyclic) bond motifs is 1. The van der Waals surface area contributed by atoms with Gasteiger partial charge in [0.2, 0.25) is 11.7 Å². The average Bonchev–Trinajstić information content (AvgIpc) is 3.55. The molecule has 4 aromatic rings. The molecule has 1 N–H and O–H groups in total. The first-order valence-electron chi connectivity index (χ1n) is 11.9. The molecule has 15 heteroatoms. The number of nitrogens with one attached hydrogen (secondary N) is 1. The lowest BCUT2D eigenvalue weighted by molar-refractivity contribution is -0.249. The number of halogens is 3. The van der Waals surface area contributed by atoms with Gasteiger partial charge in [0.25, 0.3) is 5.91 Å². The van der Waals surface area contributed by atoms with E-state index >= 15 is 0 Å². The zero-order chi connectivity index (χ0) is 29.3. The van der Waals surface area contributed by atoms with Crippen LogP contribution in [-0.2, 0) is 24.6 Å². The Kier molecular flexibility index (Phi) is 8.18. The fourth-order valence-electron chi connectivity index (χ4n) is 3.79. The highest BCUT2D eigenvalue weighted by atomic mass is 31.2. The highest BCUT2D eigenvalue weighted by Crippen LogP contribution is 2.55. The summed E-state index contributed by atoms with van der Waals surface area (Å²) >= 11 is 0. The van der Waals surface area contributed by atoms with E-state index in [2.05, 4.69) is 29.5 Å². The number of hydrogen-bond acceptors (Lipinski definition) is 9. The quantitative estimate of drug-likeness (QED) is 0.227. The lowest BCUT2D eigenvalue weighted by Gasteiger charge is -2.33. The summed E-state index contributed by atoms with van der Waals surface area (Å²) < 4.78 is 74.3. The molecule has 4 rings (SSSR count). The van der Waals surface area contributed by atoms with E-state index in [0.29, 0.717) is 22.6 Å². The van der Waals surface area contributed by atoms with Crippen molar-refractivity contribution in [2.75, 3.05) is 19.5 Å². The second kappa shape index (κ2) is 11.1. The topological polar surface area (TPSA) is 130 Å². The van der Waals surface area contributed by atoms with Crippen molar-refractivity contribution in [3.05, 3.63) is 65.4 Å². The van der Waals surface area contributed by atoms with Crippen LogP contribution < -0.4 is 5.32 Å². The maximum absolute atomic E-state index is 13.8. The molecule has 0 aliphatic rings. The molecule has 0 saturated heterocycles. The molecule has 0 saturated carbocycles. The molecule has 40 heavy (non-hydrogen) atoms. The summed E-state index contributed by atoms with van der Waals surface area (Å²) in [5.41, 5.74) is 0.780. The Morgan fingerprint density at radius 3 is 2.55 bits per heavy atom. The summed E-state index contributed by atoms with van der Waals surface area (Å²) in [5.74, 6) is -0.392. The van der Waals surface area contributed by atoms with Crippen LogP contribution in [0.5, 0.6) is 0 Å². The number of anilines is 1. The summed E-state index contributed by atoms with van der Waals surface area (Å²) in [5, 5.41) is 6.72. The zero-order valence-corrected chi connectivity index (χ0v) is 23.2. The lowest BCUT2D eigenvalue weighted by Crippen LogP contribution is -2.44. The van der Waals surface area contributed by atoms with Crippen LogP contribution in [0.4, 0.5) is 18.9 Å². The van der Waals surface area contributed by atoms with E-state index in [1.54, 1.807) is 35.7 Å². The number of alkyl halides is 3. The first-order chi connectivity index (χ1) is 18.8. The van der Waals surface area contributed by atoms with Crippen LogP contribution in [0.25, 0.3) is 17.0 Å². The number of rotatable bonds is 10. The van der Waals surface area contributed by atoms with Crippen molar-refractivity contribution < 1.29 is 40.6 Å². The number of phosphoric ester groups is 1. The Balaban J connectivity index is 1.51. The molecule has 3 heterocycles. The van der Waals surface area contributed by atoms with Gasteiger partial charge in [0.15, 0.2) is 5.60 Å². The molecular weight excluding hydrogens is 554 g/mol. The zero-order valence-electron chi connectivity index (χ0n) is 22.3. The van der Waals surface area contributed by atoms with Crippen molar-refractivity contribution in [2.45, 2.75) is 45.4 Å². The Labute approximate surface area is 227 Å². The second-order valence-electron chi connectivity index (χ2n) is 9.20. The van der Waals surface area contributed by atoms with Gasteiger partial charge < -0.3 is 9.84 Å². The van der Waals surface area contributed by atoms with Gasteiger partial charge in [-0.25, -0.2) is 9.55 Å². The predicted octanol–water partition coefficient (Wildman–Crippen LogP) is 5.92. The molecule has 1 aromatic carbocycles. The molecule has 0 spiro atoms. The minimum absolute atomic E-state index is 0.102. The Morgan fingerprint density at radius 1 is 1.15 bits per heavy atom. The summed E-state index contributed by atoms with van der Waals surface area (Å²) in [6.07, 6.45) is -2.73. The minimum Gasteiger partial charge on any atom is -0.339 e. The van der Waals surface area contributed by atoms with Crippen molar-refractivity contribution in [1.82, 2.24) is 19.5 Å². The number of pyridine rings is 1. The number of benzene rings is 1. The van der Waals surface area contributed by atoms with E-state index < -0.39 is 26.0 Å². The summed E-state index contributed by atoms with van der Waals surface area (Å²) in [6, 6.07) is 8.77. The van der Waals surface area contributed by atoms with Crippen LogP contribution in [0.15, 0.2) is 47.2 Å². The maximum Gasteiger partial charge on any atom is 0.475 e. The van der Waals surface area contributed by atoms with Crippen LogP contribution >= 0.6 is 7.82 Å². The SMILES string of the molecule is COP(=O)(OC)O[C@@](C)(CCc1nc(-c2ccc(C)c(NC(=O)c3cnc4cc(C)ccn34)c2)no1)C(F)(F)F. The normalized spacial score (nSPS) is 13.9. The third kappa shape index (κ3) is 6.09. The molecule has 0 unspecified atom stereocenters. The number of aryl methyl sites for hydroxylation is 3. The lowest BCUT2D eigenvalue weighted by atomic mass is 10.00. The summed E-state index contributed by atoms with van der Waals surface area (Å²) in [7, 11) is -2.61. The molecule has 1 atom stereocenters. The first kappa shape index (κ1) is 29.4. The van der Waals surface area contributed by atoms with Gasteiger partial charge in [-0.1, -0.05) is 17.3 Å². The van der Waals surface area contributed by atoms with E-state index in [4.69, 9.17) is 9.05 Å². The molecule has 0 fully saturated rings. The van der Waals surface area contributed by atoms with Gasteiger partial charge in [0.1, 0.15) is 11.3 Å². The molecule has 0 aliphatic heterocycles. The van der Waals surface area contributed by atoms with E-state index in [1.807, 2.05) is 19.1 Å². The molecule has 3 aromatic heterocycles. The van der Waals surface area contributed by atoms with Crippen molar-refractivity contribution in [3.8, 4) is 11.4 Å². The molecule has 0 bridgehead atoms.